The number of carbonyl (C=O) groups excluding carboxylic acids is 2. The van der Waals surface area contributed by atoms with Gasteiger partial charge in [0.25, 0.3) is 0 Å². The number of halogens is 1. The van der Waals surface area contributed by atoms with Gasteiger partial charge < -0.3 is 15.5 Å². The molecule has 1 aromatic carbocycles. The standard InChI is InChI=1S/C17H24FN3O2S/c1-2-21(17(23)9-15-12-24-8-7-19-15)11-16(22)20-10-13-3-5-14(18)6-4-13/h3-6,15,19H,2,7-12H2,1H3,(H,20,22). The number of thioether (sulfide) groups is 1. The molecule has 7 heteroatoms. The van der Waals surface area contributed by atoms with Gasteiger partial charge in [-0.2, -0.15) is 11.8 Å². The molecule has 1 aromatic rings. The molecule has 0 aromatic heterocycles. The number of hydrogen-bond donors (Lipinski definition) is 2. The Hall–Kier alpha value is -1.60. The quantitative estimate of drug-likeness (QED) is 0.778. The molecule has 24 heavy (non-hydrogen) atoms. The summed E-state index contributed by atoms with van der Waals surface area (Å²) in [6.07, 6.45) is 0.423. The van der Waals surface area contributed by atoms with Crippen LogP contribution in [0.5, 0.6) is 0 Å². The summed E-state index contributed by atoms with van der Waals surface area (Å²) in [6, 6.07) is 6.17. The lowest BCUT2D eigenvalue weighted by molar-refractivity contribution is -0.136. The van der Waals surface area contributed by atoms with Gasteiger partial charge in [-0.05, 0) is 24.6 Å². The molecule has 0 radical (unpaired) electrons. The van der Waals surface area contributed by atoms with Gasteiger partial charge in [0.15, 0.2) is 0 Å². The highest BCUT2D eigenvalue weighted by Crippen LogP contribution is 2.11. The van der Waals surface area contributed by atoms with E-state index in [-0.39, 0.29) is 30.2 Å². The van der Waals surface area contributed by atoms with E-state index in [1.807, 2.05) is 18.7 Å². The van der Waals surface area contributed by atoms with Crippen LogP contribution in [0.4, 0.5) is 4.39 Å². The van der Waals surface area contributed by atoms with Crippen LogP contribution in [-0.2, 0) is 16.1 Å². The van der Waals surface area contributed by atoms with Gasteiger partial charge >= 0.3 is 0 Å². The molecular formula is C17H24FN3O2S. The van der Waals surface area contributed by atoms with Crippen molar-refractivity contribution in [3.63, 3.8) is 0 Å². The van der Waals surface area contributed by atoms with Crippen molar-refractivity contribution in [1.82, 2.24) is 15.5 Å². The molecule has 1 fully saturated rings. The predicted molar refractivity (Wildman–Crippen MR) is 94.2 cm³/mol. The SMILES string of the molecule is CCN(CC(=O)NCc1ccc(F)cc1)C(=O)CC1CSCCN1. The average Bonchev–Trinajstić information content (AvgIpc) is 2.60. The number of benzene rings is 1. The zero-order valence-corrected chi connectivity index (χ0v) is 14.7. The molecule has 2 N–H and O–H groups in total. The van der Waals surface area contributed by atoms with Gasteiger partial charge in [-0.1, -0.05) is 12.1 Å². The predicted octanol–water partition coefficient (Wildman–Crippen LogP) is 1.39. The fraction of sp³-hybridized carbons (Fsp3) is 0.529. The molecule has 1 aliphatic rings. The maximum Gasteiger partial charge on any atom is 0.239 e. The smallest absolute Gasteiger partial charge is 0.239 e. The van der Waals surface area contributed by atoms with Crippen LogP contribution in [0.1, 0.15) is 18.9 Å². The van der Waals surface area contributed by atoms with Crippen LogP contribution in [0.25, 0.3) is 0 Å². The van der Waals surface area contributed by atoms with Gasteiger partial charge in [-0.25, -0.2) is 4.39 Å². The van der Waals surface area contributed by atoms with Crippen molar-refractivity contribution in [2.24, 2.45) is 0 Å². The molecule has 1 saturated heterocycles. The highest BCUT2D eigenvalue weighted by Gasteiger charge is 2.21. The fourth-order valence-corrected chi connectivity index (χ4v) is 3.45. The average molecular weight is 353 g/mol. The summed E-state index contributed by atoms with van der Waals surface area (Å²) < 4.78 is 12.8. The Morgan fingerprint density at radius 3 is 2.75 bits per heavy atom. The number of hydrogen-bond acceptors (Lipinski definition) is 4. The summed E-state index contributed by atoms with van der Waals surface area (Å²) in [5, 5.41) is 6.10. The van der Waals surface area contributed by atoms with Crippen LogP contribution in [0.3, 0.4) is 0 Å². The van der Waals surface area contributed by atoms with Crippen molar-refractivity contribution in [2.45, 2.75) is 25.9 Å². The van der Waals surface area contributed by atoms with E-state index in [1.165, 1.54) is 12.1 Å². The zero-order chi connectivity index (χ0) is 17.4. The lowest BCUT2D eigenvalue weighted by Gasteiger charge is -2.26. The minimum atomic E-state index is -0.303. The second-order valence-electron chi connectivity index (χ2n) is 5.74. The molecule has 2 amide bonds. The Morgan fingerprint density at radius 1 is 1.38 bits per heavy atom. The molecule has 132 valence electrons. The van der Waals surface area contributed by atoms with Gasteiger partial charge in [-0.15, -0.1) is 0 Å². The minimum Gasteiger partial charge on any atom is -0.350 e. The number of likely N-dealkylation sites (N-methyl/N-ethyl adjacent to an activating group) is 1. The van der Waals surface area contributed by atoms with E-state index in [9.17, 15) is 14.0 Å². The molecule has 0 aliphatic carbocycles. The Bertz CT molecular complexity index is 547. The molecule has 0 saturated carbocycles. The summed E-state index contributed by atoms with van der Waals surface area (Å²) >= 11 is 1.85. The third-order valence-corrected chi connectivity index (χ3v) is 5.02. The van der Waals surface area contributed by atoms with Crippen LogP contribution in [0.2, 0.25) is 0 Å². The third kappa shape index (κ3) is 6.13. The summed E-state index contributed by atoms with van der Waals surface area (Å²) in [4.78, 5) is 26.0. The Labute approximate surface area is 146 Å². The number of rotatable bonds is 7. The number of nitrogens with one attached hydrogen (secondary N) is 2. The van der Waals surface area contributed by atoms with Crippen molar-refractivity contribution in [2.75, 3.05) is 31.1 Å². The van der Waals surface area contributed by atoms with Crippen LogP contribution >= 0.6 is 11.8 Å². The fourth-order valence-electron chi connectivity index (χ4n) is 2.50. The first-order chi connectivity index (χ1) is 11.6. The second-order valence-corrected chi connectivity index (χ2v) is 6.89. The van der Waals surface area contributed by atoms with Gasteiger partial charge in [0.05, 0.1) is 6.54 Å². The molecule has 1 atom stereocenters. The van der Waals surface area contributed by atoms with Crippen molar-refractivity contribution in [3.05, 3.63) is 35.6 Å². The number of nitrogens with zero attached hydrogens (tertiary/aromatic N) is 1. The monoisotopic (exact) mass is 353 g/mol. The minimum absolute atomic E-state index is 0.00516. The molecule has 5 nitrogen and oxygen atoms in total. The first-order valence-electron chi connectivity index (χ1n) is 8.18. The van der Waals surface area contributed by atoms with E-state index in [2.05, 4.69) is 10.6 Å². The van der Waals surface area contributed by atoms with E-state index in [4.69, 9.17) is 0 Å². The summed E-state index contributed by atoms with van der Waals surface area (Å²) in [6.45, 7) is 3.67. The number of carbonyl (C=O) groups is 2. The van der Waals surface area contributed by atoms with Crippen molar-refractivity contribution in [3.8, 4) is 0 Å². The van der Waals surface area contributed by atoms with Gasteiger partial charge in [-0.3, -0.25) is 9.59 Å². The molecule has 2 rings (SSSR count). The highest BCUT2D eigenvalue weighted by atomic mass is 32.2. The third-order valence-electron chi connectivity index (χ3n) is 3.89. The first kappa shape index (κ1) is 18.7. The maximum atomic E-state index is 12.8. The maximum absolute atomic E-state index is 12.8. The van der Waals surface area contributed by atoms with Crippen molar-refractivity contribution in [1.29, 1.82) is 0 Å². The molecule has 0 bridgehead atoms. The van der Waals surface area contributed by atoms with Crippen molar-refractivity contribution >= 4 is 23.6 Å². The van der Waals surface area contributed by atoms with E-state index in [1.54, 1.807) is 17.0 Å². The molecule has 1 heterocycles. The second kappa shape index (κ2) is 9.64. The Kier molecular flexibility index (Phi) is 7.52. The lowest BCUT2D eigenvalue weighted by atomic mass is 10.2. The van der Waals surface area contributed by atoms with Gasteiger partial charge in [0.1, 0.15) is 5.82 Å². The van der Waals surface area contributed by atoms with Crippen LogP contribution in [-0.4, -0.2) is 53.9 Å². The summed E-state index contributed by atoms with van der Waals surface area (Å²) in [5.41, 5.74) is 0.822. The van der Waals surface area contributed by atoms with Crippen LogP contribution in [0, 0.1) is 5.82 Å². The zero-order valence-electron chi connectivity index (χ0n) is 13.9. The topological polar surface area (TPSA) is 61.4 Å². The van der Waals surface area contributed by atoms with Crippen molar-refractivity contribution < 1.29 is 14.0 Å². The largest absolute Gasteiger partial charge is 0.350 e. The Morgan fingerprint density at radius 2 is 2.12 bits per heavy atom. The van der Waals surface area contributed by atoms with Crippen LogP contribution in [0.15, 0.2) is 24.3 Å². The lowest BCUT2D eigenvalue weighted by Crippen LogP contribution is -2.45. The molecular weight excluding hydrogens is 329 g/mol. The molecule has 1 aliphatic heterocycles. The summed E-state index contributed by atoms with van der Waals surface area (Å²) in [5.74, 6) is 1.49. The van der Waals surface area contributed by atoms with Gasteiger partial charge in [0.2, 0.25) is 11.8 Å². The van der Waals surface area contributed by atoms with E-state index in [0.717, 1.165) is 23.6 Å². The van der Waals surface area contributed by atoms with Crippen LogP contribution < -0.4 is 10.6 Å². The molecule has 0 spiro atoms. The normalized spacial score (nSPS) is 17.3. The number of amides is 2. The Balaban J connectivity index is 1.76. The summed E-state index contributed by atoms with van der Waals surface area (Å²) in [7, 11) is 0. The highest BCUT2D eigenvalue weighted by molar-refractivity contribution is 7.99. The first-order valence-corrected chi connectivity index (χ1v) is 9.34. The van der Waals surface area contributed by atoms with E-state index in [0.29, 0.717) is 19.5 Å². The van der Waals surface area contributed by atoms with Gasteiger partial charge in [0, 0.05) is 43.6 Å². The molecule has 1 unspecified atom stereocenters. The van der Waals surface area contributed by atoms with E-state index < -0.39 is 0 Å². The van der Waals surface area contributed by atoms with E-state index >= 15 is 0 Å².